The van der Waals surface area contributed by atoms with Gasteiger partial charge in [-0.2, -0.15) is 0 Å². The number of likely N-dealkylation sites (tertiary alicyclic amines) is 1. The summed E-state index contributed by atoms with van der Waals surface area (Å²) in [6, 6.07) is 0.921. The Kier molecular flexibility index (Phi) is 6.51. The van der Waals surface area contributed by atoms with Crippen LogP contribution in [0.4, 0.5) is 4.79 Å². The molecule has 0 spiro atoms. The molecule has 21 heavy (non-hydrogen) atoms. The van der Waals surface area contributed by atoms with Crippen molar-refractivity contribution in [2.45, 2.75) is 79.0 Å². The molecule has 0 aliphatic carbocycles. The quantitative estimate of drug-likeness (QED) is 0.861. The second-order valence-corrected chi connectivity index (χ2v) is 7.82. The van der Waals surface area contributed by atoms with Crippen molar-refractivity contribution >= 4 is 6.09 Å². The Morgan fingerprint density at radius 3 is 2.38 bits per heavy atom. The van der Waals surface area contributed by atoms with Crippen LogP contribution >= 0.6 is 0 Å². The summed E-state index contributed by atoms with van der Waals surface area (Å²) < 4.78 is 5.49. The molecule has 4 heteroatoms. The smallest absolute Gasteiger partial charge is 0.410 e. The maximum atomic E-state index is 12.2. The van der Waals surface area contributed by atoms with Gasteiger partial charge in [-0.05, 0) is 59.3 Å². The van der Waals surface area contributed by atoms with Gasteiger partial charge in [0.1, 0.15) is 5.60 Å². The summed E-state index contributed by atoms with van der Waals surface area (Å²) in [5.74, 6) is 1.13. The Bertz CT molecular complexity index is 336. The van der Waals surface area contributed by atoms with Gasteiger partial charge in [0.2, 0.25) is 0 Å². The van der Waals surface area contributed by atoms with Crippen LogP contribution in [0.3, 0.4) is 0 Å². The van der Waals surface area contributed by atoms with Gasteiger partial charge in [0, 0.05) is 25.2 Å². The van der Waals surface area contributed by atoms with E-state index < -0.39 is 5.60 Å². The van der Waals surface area contributed by atoms with Crippen molar-refractivity contribution in [3.05, 3.63) is 0 Å². The number of carbonyl (C=O) groups excluding carboxylic acids is 1. The van der Waals surface area contributed by atoms with Gasteiger partial charge >= 0.3 is 6.09 Å². The molecule has 1 fully saturated rings. The van der Waals surface area contributed by atoms with Gasteiger partial charge in [0.05, 0.1) is 0 Å². The van der Waals surface area contributed by atoms with Crippen LogP contribution in [0.15, 0.2) is 0 Å². The van der Waals surface area contributed by atoms with Crippen LogP contribution in [0.5, 0.6) is 0 Å². The Balaban J connectivity index is 2.53. The molecule has 1 amide bonds. The van der Waals surface area contributed by atoms with Gasteiger partial charge in [-0.1, -0.05) is 13.8 Å². The Hall–Kier alpha value is -0.770. The van der Waals surface area contributed by atoms with Crippen LogP contribution in [0, 0.1) is 11.8 Å². The third kappa shape index (κ3) is 6.25. The van der Waals surface area contributed by atoms with Gasteiger partial charge in [-0.3, -0.25) is 0 Å². The topological polar surface area (TPSA) is 41.6 Å². The zero-order chi connectivity index (χ0) is 16.2. The molecule has 0 aromatic rings. The molecule has 1 saturated heterocycles. The molecular formula is C17H34N2O2. The second kappa shape index (κ2) is 7.48. The summed E-state index contributed by atoms with van der Waals surface area (Å²) >= 11 is 0. The van der Waals surface area contributed by atoms with E-state index in [2.05, 4.69) is 33.0 Å². The van der Waals surface area contributed by atoms with E-state index in [-0.39, 0.29) is 6.09 Å². The van der Waals surface area contributed by atoms with E-state index in [0.29, 0.717) is 23.9 Å². The average molecular weight is 298 g/mol. The number of nitrogens with zero attached hydrogens (tertiary/aromatic N) is 1. The van der Waals surface area contributed by atoms with Crippen LogP contribution in [0.25, 0.3) is 0 Å². The number of ether oxygens (including phenoxy) is 1. The van der Waals surface area contributed by atoms with E-state index in [1.165, 1.54) is 6.42 Å². The summed E-state index contributed by atoms with van der Waals surface area (Å²) in [7, 11) is 0. The second-order valence-electron chi connectivity index (χ2n) is 7.82. The molecule has 124 valence electrons. The molecule has 0 bridgehead atoms. The highest BCUT2D eigenvalue weighted by Crippen LogP contribution is 2.22. The highest BCUT2D eigenvalue weighted by molar-refractivity contribution is 5.68. The molecule has 3 unspecified atom stereocenters. The van der Waals surface area contributed by atoms with Crippen LogP contribution in [0.1, 0.15) is 61.3 Å². The molecular weight excluding hydrogens is 264 g/mol. The standard InChI is InChI=1S/C17H34N2O2/c1-12(2)13(3)18-14(4)15-9-8-10-19(11-15)16(20)21-17(5,6)7/h12-15,18H,8-11H2,1-7H3. The van der Waals surface area contributed by atoms with E-state index in [1.807, 2.05) is 25.7 Å². The lowest BCUT2D eigenvalue weighted by Gasteiger charge is -2.38. The molecule has 3 atom stereocenters. The molecule has 0 radical (unpaired) electrons. The number of amides is 1. The van der Waals surface area contributed by atoms with Gasteiger partial charge < -0.3 is 15.0 Å². The SMILES string of the molecule is CC(C)C(C)NC(C)C1CCCN(C(=O)OC(C)(C)C)C1. The number of carbonyl (C=O) groups is 1. The fourth-order valence-corrected chi connectivity index (χ4v) is 2.65. The first-order valence-corrected chi connectivity index (χ1v) is 8.34. The third-order valence-electron chi connectivity index (χ3n) is 4.34. The lowest BCUT2D eigenvalue weighted by Crippen LogP contribution is -2.50. The summed E-state index contributed by atoms with van der Waals surface area (Å²) in [5, 5.41) is 3.68. The van der Waals surface area contributed by atoms with Crippen molar-refractivity contribution in [3.63, 3.8) is 0 Å². The summed E-state index contributed by atoms with van der Waals surface area (Å²) in [4.78, 5) is 14.1. The first kappa shape index (κ1) is 18.3. The highest BCUT2D eigenvalue weighted by atomic mass is 16.6. The van der Waals surface area contributed by atoms with Crippen molar-refractivity contribution in [2.24, 2.45) is 11.8 Å². The highest BCUT2D eigenvalue weighted by Gasteiger charge is 2.30. The lowest BCUT2D eigenvalue weighted by molar-refractivity contribution is 0.0145. The van der Waals surface area contributed by atoms with Gasteiger partial charge in [0.25, 0.3) is 0 Å². The van der Waals surface area contributed by atoms with Crippen molar-refractivity contribution in [3.8, 4) is 0 Å². The third-order valence-corrected chi connectivity index (χ3v) is 4.34. The maximum absolute atomic E-state index is 12.2. The molecule has 1 N–H and O–H groups in total. The Morgan fingerprint density at radius 1 is 1.24 bits per heavy atom. The molecule has 0 aromatic heterocycles. The number of hydrogen-bond donors (Lipinski definition) is 1. The molecule has 1 aliphatic heterocycles. The monoisotopic (exact) mass is 298 g/mol. The number of hydrogen-bond acceptors (Lipinski definition) is 3. The number of rotatable bonds is 4. The van der Waals surface area contributed by atoms with Crippen LogP contribution < -0.4 is 5.32 Å². The van der Waals surface area contributed by atoms with Gasteiger partial charge in [-0.25, -0.2) is 4.79 Å². The summed E-state index contributed by atoms with van der Waals surface area (Å²) in [6.07, 6.45) is 2.07. The Labute approximate surface area is 130 Å². The van der Waals surface area contributed by atoms with Crippen molar-refractivity contribution in [1.29, 1.82) is 0 Å². The number of piperidine rings is 1. The minimum Gasteiger partial charge on any atom is -0.444 e. The predicted molar refractivity (Wildman–Crippen MR) is 87.4 cm³/mol. The minimum atomic E-state index is -0.417. The molecule has 1 aliphatic rings. The lowest BCUT2D eigenvalue weighted by atomic mass is 9.90. The number of nitrogens with one attached hydrogen (secondary N) is 1. The molecule has 0 saturated carbocycles. The van der Waals surface area contributed by atoms with E-state index in [4.69, 9.17) is 4.74 Å². The van der Waals surface area contributed by atoms with Crippen LogP contribution in [-0.2, 0) is 4.74 Å². The first-order chi connectivity index (χ1) is 9.60. The van der Waals surface area contributed by atoms with E-state index in [1.54, 1.807) is 0 Å². The zero-order valence-corrected chi connectivity index (χ0v) is 14.9. The van der Waals surface area contributed by atoms with E-state index in [9.17, 15) is 4.79 Å². The normalized spacial score (nSPS) is 23.0. The van der Waals surface area contributed by atoms with Crippen LogP contribution in [-0.4, -0.2) is 41.8 Å². The van der Waals surface area contributed by atoms with Gasteiger partial charge in [0.15, 0.2) is 0 Å². The predicted octanol–water partition coefficient (Wildman–Crippen LogP) is 3.66. The largest absolute Gasteiger partial charge is 0.444 e. The summed E-state index contributed by atoms with van der Waals surface area (Å²) in [6.45, 7) is 16.3. The maximum Gasteiger partial charge on any atom is 0.410 e. The zero-order valence-electron chi connectivity index (χ0n) is 14.9. The fraction of sp³-hybridized carbons (Fsp3) is 0.941. The molecule has 1 heterocycles. The molecule has 4 nitrogen and oxygen atoms in total. The van der Waals surface area contributed by atoms with E-state index in [0.717, 1.165) is 19.5 Å². The van der Waals surface area contributed by atoms with Crippen LogP contribution in [0.2, 0.25) is 0 Å². The van der Waals surface area contributed by atoms with Gasteiger partial charge in [-0.15, -0.1) is 0 Å². The van der Waals surface area contributed by atoms with Crippen molar-refractivity contribution in [2.75, 3.05) is 13.1 Å². The summed E-state index contributed by atoms with van der Waals surface area (Å²) in [5.41, 5.74) is -0.417. The fourth-order valence-electron chi connectivity index (χ4n) is 2.65. The first-order valence-electron chi connectivity index (χ1n) is 8.34. The molecule has 0 aromatic carbocycles. The Morgan fingerprint density at radius 2 is 1.86 bits per heavy atom. The minimum absolute atomic E-state index is 0.170. The van der Waals surface area contributed by atoms with Crippen molar-refractivity contribution in [1.82, 2.24) is 10.2 Å². The molecule has 1 rings (SSSR count). The van der Waals surface area contributed by atoms with Crippen molar-refractivity contribution < 1.29 is 9.53 Å². The average Bonchev–Trinajstić information content (AvgIpc) is 2.36. The van der Waals surface area contributed by atoms with E-state index >= 15 is 0 Å².